The molecule has 3 aliphatic heterocycles. The Bertz CT molecular complexity index is 4540. The van der Waals surface area contributed by atoms with Gasteiger partial charge < -0.3 is 104 Å². The molecule has 122 heavy (non-hydrogen) atoms. The normalized spacial score (nSPS) is 17.1. The number of phenolic OH excluding ortho intramolecular Hbond substituents is 1. The first-order chi connectivity index (χ1) is 59.2. The van der Waals surface area contributed by atoms with Crippen molar-refractivity contribution >= 4 is 76.0 Å². The molecule has 0 radical (unpaired) electrons. The number of aryl methyl sites for hydroxylation is 1. The molecule has 3 aromatic heterocycles. The van der Waals surface area contributed by atoms with Crippen molar-refractivity contribution in [2.75, 3.05) is 150 Å². The van der Waals surface area contributed by atoms with Gasteiger partial charge in [0.25, 0.3) is 5.56 Å². The lowest BCUT2D eigenvalue weighted by Gasteiger charge is -2.35. The highest BCUT2D eigenvalue weighted by molar-refractivity contribution is 6.03. The summed E-state index contributed by atoms with van der Waals surface area (Å²) in [6.07, 6.45) is 5.87. The highest BCUT2D eigenvalue weighted by Gasteiger charge is 2.51. The lowest BCUT2D eigenvalue weighted by atomic mass is 9.81. The molecular weight excluding hydrogens is 1590 g/mol. The fourth-order valence-electron chi connectivity index (χ4n) is 14.6. The number of imide groups is 1. The summed E-state index contributed by atoms with van der Waals surface area (Å²) in [4.78, 5) is 152. The minimum Gasteiger partial charge on any atom is -0.508 e. The van der Waals surface area contributed by atoms with Gasteiger partial charge in [0.1, 0.15) is 56.5 Å². The summed E-state index contributed by atoms with van der Waals surface area (Å²) in [7, 11) is 0. The van der Waals surface area contributed by atoms with Gasteiger partial charge in [-0.25, -0.2) is 19.3 Å². The first-order valence-electron chi connectivity index (χ1n) is 41.7. The number of nitrogens with zero attached hydrogens (tertiary/aromatic N) is 6. The Morgan fingerprint density at radius 2 is 1.33 bits per heavy atom. The Labute approximate surface area is 706 Å². The second-order valence-corrected chi connectivity index (χ2v) is 29.9. The SMILES string of the molecule is CCc1c2c(nc3ccc(O)cc13)-c1cc3c(c(=O)n1C2)COC(=O)[C@@]3(CC)OC(=O)CNC(=O)OCc1ccc(NC(=O)[C@H](CCCCN)NC(=O)[C@H](Cc2ccccc2)NC(=O)COCC(=O)NCCOCCOCCOCCOCCOCCOCCOCCOCCn2cc(CNC(=O)C3CCC(CN4C(=O)CC(C)C4=O)CC3)nn2)cc1. The number of ether oxygens (including phenoxy) is 12. The van der Waals surface area contributed by atoms with Crippen molar-refractivity contribution in [3.05, 3.63) is 134 Å². The average molecular weight is 1700 g/mol. The van der Waals surface area contributed by atoms with Gasteiger partial charge in [0, 0.05) is 60.0 Å². The lowest BCUT2D eigenvalue weighted by Crippen LogP contribution is -2.54. The van der Waals surface area contributed by atoms with Gasteiger partial charge in [-0.1, -0.05) is 68.4 Å². The summed E-state index contributed by atoms with van der Waals surface area (Å²) in [5.41, 5.74) is 9.06. The number of benzene rings is 3. The minimum atomic E-state index is -2.03. The topological polar surface area (TPSA) is 469 Å². The van der Waals surface area contributed by atoms with Crippen molar-refractivity contribution in [3.8, 4) is 17.1 Å². The smallest absolute Gasteiger partial charge is 0.407 e. The molecule has 37 heteroatoms. The Morgan fingerprint density at radius 1 is 0.680 bits per heavy atom. The van der Waals surface area contributed by atoms with Crippen molar-refractivity contribution in [1.82, 2.24) is 56.0 Å². The molecule has 37 nitrogen and oxygen atoms in total. The van der Waals surface area contributed by atoms with E-state index in [1.807, 2.05) is 6.92 Å². The van der Waals surface area contributed by atoms with Gasteiger partial charge in [0.05, 0.1) is 154 Å². The molecule has 0 spiro atoms. The number of unbranched alkanes of at least 4 members (excludes halogenated alkanes) is 1. The number of nitrogens with two attached hydrogens (primary N) is 1. The third-order valence-corrected chi connectivity index (χ3v) is 21.1. The summed E-state index contributed by atoms with van der Waals surface area (Å²) >= 11 is 0. The van der Waals surface area contributed by atoms with Gasteiger partial charge in [-0.2, -0.15) is 0 Å². The van der Waals surface area contributed by atoms with Crippen molar-refractivity contribution < 1.29 is 110 Å². The average Bonchev–Trinajstić information content (AvgIpc) is 1.49. The number of carbonyl (C=O) groups excluding carboxylic acids is 10. The molecule has 1 unspecified atom stereocenters. The number of hydrogen-bond donors (Lipinski definition) is 8. The van der Waals surface area contributed by atoms with Crippen LogP contribution in [-0.2, 0) is 151 Å². The zero-order valence-electron chi connectivity index (χ0n) is 69.4. The van der Waals surface area contributed by atoms with E-state index in [1.165, 1.54) is 11.0 Å². The number of phenols is 1. The number of fused-ring (bicyclic) bond motifs is 5. The number of nitrogens with one attached hydrogen (secondary N) is 6. The Morgan fingerprint density at radius 3 is 1.96 bits per heavy atom. The number of hydrogen-bond acceptors (Lipinski definition) is 28. The number of carbonyl (C=O) groups is 10. The molecule has 1 aliphatic carbocycles. The molecule has 8 amide bonds. The molecule has 6 aromatic rings. The maximum Gasteiger partial charge on any atom is 0.407 e. The van der Waals surface area contributed by atoms with Crippen LogP contribution < -0.4 is 43.2 Å². The lowest BCUT2D eigenvalue weighted by molar-refractivity contribution is -0.188. The highest BCUT2D eigenvalue weighted by Crippen LogP contribution is 2.43. The van der Waals surface area contributed by atoms with Crippen LogP contribution in [0.15, 0.2) is 89.9 Å². The quantitative estimate of drug-likeness (QED) is 0.0117. The second-order valence-electron chi connectivity index (χ2n) is 29.9. The maximum atomic E-state index is 14.2. The predicted molar refractivity (Wildman–Crippen MR) is 438 cm³/mol. The van der Waals surface area contributed by atoms with Crippen LogP contribution in [0.5, 0.6) is 5.75 Å². The molecule has 0 bridgehead atoms. The number of esters is 2. The van der Waals surface area contributed by atoms with Gasteiger partial charge in [-0.05, 0) is 123 Å². The van der Waals surface area contributed by atoms with E-state index in [-0.39, 0.29) is 124 Å². The van der Waals surface area contributed by atoms with Gasteiger partial charge in [0.15, 0.2) is 0 Å². The number of cyclic esters (lactones) is 1. The maximum absolute atomic E-state index is 14.2. The molecular formula is C85H113N13O24. The van der Waals surface area contributed by atoms with Crippen LogP contribution in [-0.4, -0.2) is 251 Å². The fourth-order valence-corrected chi connectivity index (χ4v) is 14.6. The first kappa shape index (κ1) is 93.5. The van der Waals surface area contributed by atoms with E-state index in [2.05, 4.69) is 42.2 Å². The molecule has 3 aromatic carbocycles. The number of likely N-dealkylation sites (tertiary alicyclic amines) is 1. The van der Waals surface area contributed by atoms with Crippen LogP contribution in [0, 0.1) is 17.8 Å². The Balaban J connectivity index is 0.516. The zero-order chi connectivity index (χ0) is 86.6. The summed E-state index contributed by atoms with van der Waals surface area (Å²) in [5.74, 6) is -4.54. The number of pyridine rings is 2. The molecule has 662 valence electrons. The summed E-state index contributed by atoms with van der Waals surface area (Å²) in [6, 6.07) is 19.5. The molecule has 4 atom stereocenters. The van der Waals surface area contributed by atoms with Crippen LogP contribution in [0.3, 0.4) is 0 Å². The number of rotatable bonds is 54. The van der Waals surface area contributed by atoms with Crippen molar-refractivity contribution in [2.45, 2.75) is 142 Å². The predicted octanol–water partition coefficient (Wildman–Crippen LogP) is 3.48. The van der Waals surface area contributed by atoms with Crippen molar-refractivity contribution in [2.24, 2.45) is 23.5 Å². The minimum absolute atomic E-state index is 0.0208. The monoisotopic (exact) mass is 1700 g/mol. The number of alkyl carbamates (subject to hydrolysis) is 1. The Kier molecular flexibility index (Phi) is 37.4. The molecule has 1 saturated carbocycles. The van der Waals surface area contributed by atoms with Crippen LogP contribution in [0.1, 0.15) is 118 Å². The van der Waals surface area contributed by atoms with E-state index in [0.29, 0.717) is 171 Å². The molecule has 2 fully saturated rings. The molecule has 9 N–H and O–H groups in total. The number of amides is 8. The molecule has 6 heterocycles. The molecule has 4 aliphatic rings. The van der Waals surface area contributed by atoms with Crippen LogP contribution in [0.2, 0.25) is 0 Å². The van der Waals surface area contributed by atoms with E-state index in [1.54, 1.807) is 102 Å². The van der Waals surface area contributed by atoms with Crippen LogP contribution >= 0.6 is 0 Å². The number of aromatic hydroxyl groups is 1. The van der Waals surface area contributed by atoms with Crippen molar-refractivity contribution in [3.63, 3.8) is 0 Å². The number of aromatic nitrogens is 5. The largest absolute Gasteiger partial charge is 0.508 e. The van der Waals surface area contributed by atoms with Gasteiger partial charge in [-0.3, -0.25) is 48.1 Å². The standard InChI is InChI=1S/C85H113N13O24/c1-4-64-65-45-63(99)22-23-69(65)92-77-66(64)51-97-72(77)46-68-67(82(97)108)53-120-83(109)85(68,5-2)122-76(103)48-89-84(110)121-52-59-16-20-61(21-17-59)90-79(105)70(13-9-10-24-86)93-80(106)71(44-57-11-7-6-8-12-57)91-74(101)55-119-54-73(100)87-25-27-111-29-31-113-33-35-115-37-39-117-41-42-118-40-38-116-36-34-114-32-30-112-28-26-96-50-62(94-95-96)47-88-78(104)60-18-14-58(15-19-60)49-98-75(102)43-56(3)81(98)107/h6-8,11-12,16-17,20-23,45-46,50,56,58,60,70-71,99H,4-5,9-10,13-15,18-19,24-44,47-49,51-55,86H2,1-3H3,(H,87,100)(H,88,104)(H,89,110)(H,90,105)(H,91,101)(H,93,106)/t56?,58?,60?,70-,71-,85-/m0/s1. The van der Waals surface area contributed by atoms with Crippen LogP contribution in [0.25, 0.3) is 22.3 Å². The second kappa shape index (κ2) is 48.8. The van der Waals surface area contributed by atoms with Gasteiger partial charge >= 0.3 is 18.0 Å². The summed E-state index contributed by atoms with van der Waals surface area (Å²) < 4.78 is 69.9. The first-order valence-corrected chi connectivity index (χ1v) is 41.7. The summed E-state index contributed by atoms with van der Waals surface area (Å²) in [5, 5.41) is 35.6. The highest BCUT2D eigenvalue weighted by atomic mass is 16.6. The molecule has 10 rings (SSSR count). The fraction of sp³-hybridized carbons (Fsp3) is 0.553. The van der Waals surface area contributed by atoms with E-state index in [0.717, 1.165) is 42.2 Å². The third kappa shape index (κ3) is 27.9. The summed E-state index contributed by atoms with van der Waals surface area (Å²) in [6.45, 7) is 10.9. The van der Waals surface area contributed by atoms with Crippen molar-refractivity contribution in [1.29, 1.82) is 0 Å². The van der Waals surface area contributed by atoms with E-state index >= 15 is 0 Å². The number of anilines is 1. The Hall–Kier alpha value is -10.7. The van der Waals surface area contributed by atoms with Gasteiger partial charge in [-0.15, -0.1) is 5.10 Å². The van der Waals surface area contributed by atoms with Gasteiger partial charge in [0.2, 0.25) is 47.0 Å². The zero-order valence-corrected chi connectivity index (χ0v) is 69.4. The van der Waals surface area contributed by atoms with Crippen LogP contribution in [0.4, 0.5) is 10.5 Å². The third-order valence-electron chi connectivity index (χ3n) is 21.1. The van der Waals surface area contributed by atoms with E-state index in [4.69, 9.17) is 67.6 Å². The van der Waals surface area contributed by atoms with E-state index < -0.39 is 84.7 Å². The molecule has 1 saturated heterocycles. The van der Waals surface area contributed by atoms with E-state index in [9.17, 15) is 57.8 Å².